The molecule has 0 aliphatic heterocycles. The standard InChI is InChI=1S/C8H11NO3.C8H10NO3.C7H11NO3.C6H19NSi2.2C3H6O.2C3H9Si.4Li.H3N/c2*1-6(10)3-7(11)4-8(12)5-9-2;1-3-11-7(10)4-6(9)5-8-2;1-8(2,3)7-9(4,5)6;2*1-3(2)4;2*1-4(2)3;;;;;/h8,12H,3-5H2,1H3;3,8,11H,4-5H2,1H3;6,9H,3-5H2,1H3;7H,1-6H3;1-2H3;4H,1H2,2H3;2*1-3H3;;;;;1H3/q;-1;;;;;2*-1;4*+1;/p-2/b;7-3-;;;;;;;;;;;/t2*8-;6-;;;;;;;;;;/m000........../s1. The van der Waals surface area contributed by atoms with Crippen molar-refractivity contribution in [2.75, 3.05) is 26.2 Å². The van der Waals surface area contributed by atoms with Gasteiger partial charge in [-0.3, -0.25) is 36.8 Å². The van der Waals surface area contributed by atoms with Crippen molar-refractivity contribution in [3.63, 3.8) is 0 Å². The van der Waals surface area contributed by atoms with Crippen molar-refractivity contribution >= 4 is 63.2 Å². The van der Waals surface area contributed by atoms with Crippen molar-refractivity contribution in [1.82, 2.24) is 10.8 Å². The average Bonchev–Trinajstić information content (AvgIpc) is 2.94. The van der Waals surface area contributed by atoms with Crippen LogP contribution in [0.2, 0.25) is 78.6 Å². The Hall–Kier alpha value is -1.24. The van der Waals surface area contributed by atoms with Crippen LogP contribution in [0.4, 0.5) is 0 Å². The van der Waals surface area contributed by atoms with E-state index in [1.54, 1.807) is 6.92 Å². The molecule has 6 N–H and O–H groups in total. The van der Waals surface area contributed by atoms with Crippen molar-refractivity contribution in [2.24, 2.45) is 0 Å². The summed E-state index contributed by atoms with van der Waals surface area (Å²) in [5.41, 5.74) is 0. The molecule has 0 heterocycles. The van der Waals surface area contributed by atoms with E-state index in [2.05, 4.69) is 109 Å². The van der Waals surface area contributed by atoms with Crippen LogP contribution in [0.5, 0.6) is 0 Å². The first-order chi connectivity index (χ1) is 27.0. The fourth-order valence-corrected chi connectivity index (χ4v) is 12.2. The first-order valence-corrected chi connectivity index (χ1v) is 32.1. The maximum Gasteiger partial charge on any atom is 1.00 e. The van der Waals surface area contributed by atoms with Gasteiger partial charge in [0.2, 0.25) is 19.6 Å². The Morgan fingerprint density at radius 1 is 0.708 bits per heavy atom. The Morgan fingerprint density at radius 2 is 1.00 bits per heavy atom. The number of nitrogens with one attached hydrogen (secondary N) is 1. The summed E-state index contributed by atoms with van der Waals surface area (Å²) in [6, 6.07) is 0. The summed E-state index contributed by atoms with van der Waals surface area (Å²) in [7, 11) is -1.72. The van der Waals surface area contributed by atoms with Crippen LogP contribution in [0, 0.1) is 19.7 Å². The number of carbonyl (C=O) groups excluding carboxylic acids is 5. The van der Waals surface area contributed by atoms with E-state index in [9.17, 15) is 39.3 Å². The number of esters is 1. The summed E-state index contributed by atoms with van der Waals surface area (Å²) in [5.74, 6) is -1.75. The molecule has 0 bridgehead atoms. The molecule has 358 valence electrons. The van der Waals surface area contributed by atoms with Gasteiger partial charge in [-0.2, -0.15) is 39.3 Å². The molecule has 3 atom stereocenters. The Labute approximate surface area is 448 Å². The maximum absolute atomic E-state index is 10.9. The van der Waals surface area contributed by atoms with Crippen molar-refractivity contribution < 1.29 is 130 Å². The van der Waals surface area contributed by atoms with Crippen LogP contribution in [0.25, 0.3) is 14.5 Å². The van der Waals surface area contributed by atoms with Crippen molar-refractivity contribution in [3.05, 3.63) is 58.4 Å². The van der Waals surface area contributed by atoms with Gasteiger partial charge < -0.3 is 60.4 Å². The van der Waals surface area contributed by atoms with E-state index in [0.29, 0.717) is 6.61 Å². The van der Waals surface area contributed by atoms with Gasteiger partial charge in [-0.1, -0.05) is 46.2 Å². The van der Waals surface area contributed by atoms with Gasteiger partial charge in [0.1, 0.15) is 46.0 Å². The zero-order chi connectivity index (χ0) is 49.8. The number of allylic oxidation sites excluding steroid dienone is 2. The minimum absolute atomic E-state index is 0. The quantitative estimate of drug-likeness (QED) is 0.0298. The number of nitrogens with zero attached hydrogens (tertiary/aromatic N) is 3. The van der Waals surface area contributed by atoms with Crippen molar-refractivity contribution in [3.8, 4) is 0 Å². The number of hydrogen-bond acceptors (Lipinski definition) is 13. The Morgan fingerprint density at radius 3 is 1.22 bits per heavy atom. The van der Waals surface area contributed by atoms with Gasteiger partial charge in [0.05, 0.1) is 19.4 Å². The molecule has 0 rings (SSSR count). The van der Waals surface area contributed by atoms with Crippen LogP contribution in [-0.2, 0) is 28.7 Å². The summed E-state index contributed by atoms with van der Waals surface area (Å²) < 4.78 is 8.29. The minimum Gasteiger partial charge on any atom is -0.876 e. The van der Waals surface area contributed by atoms with Crippen molar-refractivity contribution in [2.45, 2.75) is 164 Å². The topological polar surface area (TPSA) is 264 Å². The Kier molecular flexibility index (Phi) is 97.2. The molecule has 0 aliphatic carbocycles. The second-order valence-electron chi connectivity index (χ2n) is 16.2. The number of hydrogen-bond donors (Lipinski definition) is 4. The molecule has 0 radical (unpaired) electrons. The molecular formula is C41H82Li4N5O11Si4-. The van der Waals surface area contributed by atoms with Gasteiger partial charge in [-0.05, 0) is 53.2 Å². The van der Waals surface area contributed by atoms with E-state index in [4.69, 9.17) is 29.9 Å². The first kappa shape index (κ1) is 97.5. The van der Waals surface area contributed by atoms with Crippen LogP contribution in [0.15, 0.2) is 24.2 Å². The van der Waals surface area contributed by atoms with E-state index in [1.807, 2.05) is 0 Å². The van der Waals surface area contributed by atoms with E-state index in [0.717, 1.165) is 6.08 Å². The molecule has 65 heavy (non-hydrogen) atoms. The fourth-order valence-electron chi connectivity index (χ4n) is 3.17. The number of rotatable bonds is 15. The first-order valence-electron chi connectivity index (χ1n) is 19.1. The van der Waals surface area contributed by atoms with Gasteiger partial charge in [0.15, 0.2) is 5.78 Å². The molecule has 0 aliphatic rings. The molecule has 0 fully saturated rings. The molecule has 0 saturated carbocycles. The van der Waals surface area contributed by atoms with E-state index >= 15 is 0 Å². The number of ketones is 4. The van der Waals surface area contributed by atoms with E-state index < -0.39 is 46.5 Å². The molecule has 24 heteroatoms. The van der Waals surface area contributed by atoms with E-state index in [1.165, 1.54) is 34.6 Å². The summed E-state index contributed by atoms with van der Waals surface area (Å²) in [5, 5.41) is 48.8. The van der Waals surface area contributed by atoms with Gasteiger partial charge in [-0.15, -0.1) is 18.1 Å². The molecule has 16 nitrogen and oxygen atoms in total. The minimum atomic E-state index is -1.20. The van der Waals surface area contributed by atoms with Crippen LogP contribution in [-0.4, -0.2) is 118 Å². The van der Waals surface area contributed by atoms with Crippen molar-refractivity contribution in [1.29, 1.82) is 0 Å². The average molecular weight is 961 g/mol. The summed E-state index contributed by atoms with van der Waals surface area (Å²) >= 11 is 0. The molecule has 0 aromatic rings. The maximum atomic E-state index is 10.9. The molecular weight excluding hydrogens is 879 g/mol. The largest absolute Gasteiger partial charge is 1.00 e. The SMILES string of the molecule is C=C(C)[O-].CC(C)=O.C[Si-](C)C.C[Si-](C)C.C[Si](C)(C)N[Si](C)(C)C.N.[C-]#[N+]C[C@@H](O)CC(=O)CC(C)=O.[C-]#[N+]C[C@@H](O)CC(=O)OCC.[C-]#[N+]C[C@@H]([O-])C/C([O-])=C/C(C)=O.[Li+].[Li+].[Li+].[Li+]. The second-order valence-corrected chi connectivity index (χ2v) is 32.2. The monoisotopic (exact) mass is 961 g/mol. The number of aliphatic hydroxyl groups is 2. The molecule has 0 unspecified atom stereocenters. The van der Waals surface area contributed by atoms with Crippen LogP contribution in [0.1, 0.15) is 67.2 Å². The number of ether oxygens (including phenoxy) is 1. The van der Waals surface area contributed by atoms with Gasteiger partial charge in [0, 0.05) is 6.42 Å². The molecule has 0 aromatic heterocycles. The van der Waals surface area contributed by atoms with Crippen LogP contribution in [0.3, 0.4) is 0 Å². The third-order valence-corrected chi connectivity index (χ3v) is 10.1. The Balaban J connectivity index is -0.0000000444. The fraction of sp³-hybridized carbons (Fsp3) is 0.707. The number of carbonyl (C=O) groups is 5. The van der Waals surface area contributed by atoms with Crippen LogP contribution < -0.4 is 102 Å². The predicted molar refractivity (Wildman–Crippen MR) is 252 cm³/mol. The smallest absolute Gasteiger partial charge is 0.876 e. The molecule has 0 saturated heterocycles. The third kappa shape index (κ3) is 171. The number of Topliss-reactive ketones (excluding diaryl/α,β-unsaturated/α-hetero) is 3. The zero-order valence-electron chi connectivity index (χ0n) is 44.8. The molecule has 0 spiro atoms. The Bertz CT molecular complexity index is 1290. The molecule has 0 amide bonds. The third-order valence-electron chi connectivity index (χ3n) is 4.06. The van der Waals surface area contributed by atoms with Gasteiger partial charge >= 0.3 is 81.4 Å². The summed E-state index contributed by atoms with van der Waals surface area (Å²) in [4.78, 5) is 60.5. The van der Waals surface area contributed by atoms with E-state index in [-0.39, 0.29) is 173 Å². The van der Waals surface area contributed by atoms with Gasteiger partial charge in [-0.25, -0.2) is 19.7 Å². The summed E-state index contributed by atoms with van der Waals surface area (Å²) in [6.45, 7) is 58.6. The van der Waals surface area contributed by atoms with Crippen LogP contribution >= 0.6 is 0 Å². The molecule has 0 aromatic carbocycles. The zero-order valence-corrected chi connectivity index (χ0v) is 48.8. The normalized spacial score (nSPS) is 10.5. The number of aliphatic hydroxyl groups excluding tert-OH is 2. The van der Waals surface area contributed by atoms with Gasteiger partial charge in [0.25, 0.3) is 0 Å². The predicted octanol–water partition coefficient (Wildman–Crippen LogP) is -7.08. The second kappa shape index (κ2) is 64.8. The summed E-state index contributed by atoms with van der Waals surface area (Å²) in [6.07, 6.45) is -2.71.